The highest BCUT2D eigenvalue weighted by Gasteiger charge is 2.29. The summed E-state index contributed by atoms with van der Waals surface area (Å²) in [5.74, 6) is 0. The van der Waals surface area contributed by atoms with Gasteiger partial charge in [-0.3, -0.25) is 0 Å². The van der Waals surface area contributed by atoms with Gasteiger partial charge in [-0.05, 0) is 43.9 Å². The third-order valence-corrected chi connectivity index (χ3v) is 3.81. The lowest BCUT2D eigenvalue weighted by Crippen LogP contribution is -2.27. The van der Waals surface area contributed by atoms with E-state index in [4.69, 9.17) is 11.6 Å². The van der Waals surface area contributed by atoms with Crippen molar-refractivity contribution in [1.82, 2.24) is 0 Å². The normalized spacial score (nSPS) is 16.7. The van der Waals surface area contributed by atoms with Crippen molar-refractivity contribution in [2.75, 3.05) is 11.4 Å². The van der Waals surface area contributed by atoms with Crippen LogP contribution >= 0.6 is 11.6 Å². The third kappa shape index (κ3) is 3.18. The average molecular weight is 268 g/mol. The summed E-state index contributed by atoms with van der Waals surface area (Å²) in [7, 11) is 0. The summed E-state index contributed by atoms with van der Waals surface area (Å²) in [4.78, 5) is 2.43. The molecule has 0 saturated heterocycles. The molecule has 1 fully saturated rings. The Labute approximate surface area is 115 Å². The van der Waals surface area contributed by atoms with E-state index in [-0.39, 0.29) is 0 Å². The fraction of sp³-hybridized carbons (Fsp3) is 0.600. The van der Waals surface area contributed by atoms with Gasteiger partial charge in [-0.15, -0.1) is 0 Å². The lowest BCUT2D eigenvalue weighted by atomic mass is 10.1. The maximum Gasteiger partial charge on any atom is 0.0762 e. The monoisotopic (exact) mass is 267 g/mol. The van der Waals surface area contributed by atoms with Gasteiger partial charge in [0.25, 0.3) is 0 Å². The molecule has 2 rings (SSSR count). The van der Waals surface area contributed by atoms with Crippen LogP contribution in [-0.2, 0) is 0 Å². The van der Waals surface area contributed by atoms with Crippen LogP contribution in [0.15, 0.2) is 18.2 Å². The van der Waals surface area contributed by atoms with Crippen molar-refractivity contribution in [3.63, 3.8) is 0 Å². The van der Waals surface area contributed by atoms with Crippen LogP contribution in [0.1, 0.15) is 51.2 Å². The molecule has 0 amide bonds. The van der Waals surface area contributed by atoms with E-state index in [1.54, 1.807) is 6.92 Å². The zero-order valence-electron chi connectivity index (χ0n) is 11.2. The Bertz CT molecular complexity index is 401. The molecule has 1 aliphatic carbocycles. The molecule has 0 heterocycles. The van der Waals surface area contributed by atoms with E-state index in [0.29, 0.717) is 6.04 Å². The van der Waals surface area contributed by atoms with Crippen molar-refractivity contribution in [3.8, 4) is 0 Å². The van der Waals surface area contributed by atoms with Gasteiger partial charge < -0.3 is 10.0 Å². The summed E-state index contributed by atoms with van der Waals surface area (Å²) in [5, 5.41) is 10.3. The van der Waals surface area contributed by atoms with Crippen molar-refractivity contribution in [1.29, 1.82) is 0 Å². The Morgan fingerprint density at radius 3 is 2.67 bits per heavy atom. The molecule has 0 bridgehead atoms. The summed E-state index contributed by atoms with van der Waals surface area (Å²) in [6, 6.07) is 6.60. The molecular formula is C15H22ClNO. The number of aliphatic hydroxyl groups is 1. The average Bonchev–Trinajstić information content (AvgIpc) is 3.15. The van der Waals surface area contributed by atoms with E-state index in [1.807, 2.05) is 12.1 Å². The quantitative estimate of drug-likeness (QED) is 0.837. The molecule has 1 aliphatic rings. The second-order valence-electron chi connectivity index (χ2n) is 5.16. The van der Waals surface area contributed by atoms with E-state index in [0.717, 1.165) is 22.8 Å². The number of aliphatic hydroxyl groups excluding tert-OH is 1. The van der Waals surface area contributed by atoms with Crippen LogP contribution in [0.3, 0.4) is 0 Å². The molecular weight excluding hydrogens is 246 g/mol. The smallest absolute Gasteiger partial charge is 0.0762 e. The highest BCUT2D eigenvalue weighted by atomic mass is 35.5. The summed E-state index contributed by atoms with van der Waals surface area (Å²) in [6.07, 6.45) is 4.50. The maximum absolute atomic E-state index is 9.57. The predicted molar refractivity (Wildman–Crippen MR) is 77.4 cm³/mol. The van der Waals surface area contributed by atoms with Gasteiger partial charge in [0.1, 0.15) is 0 Å². The number of unbranched alkanes of at least 4 members (excludes halogenated alkanes) is 1. The molecule has 1 saturated carbocycles. The van der Waals surface area contributed by atoms with Crippen LogP contribution in [0, 0.1) is 0 Å². The number of hydrogen-bond donors (Lipinski definition) is 1. The minimum absolute atomic E-state index is 0.457. The molecule has 0 aromatic heterocycles. The molecule has 18 heavy (non-hydrogen) atoms. The molecule has 1 N–H and O–H groups in total. The zero-order chi connectivity index (χ0) is 13.1. The summed E-state index contributed by atoms with van der Waals surface area (Å²) < 4.78 is 0. The van der Waals surface area contributed by atoms with Gasteiger partial charge in [-0.2, -0.15) is 0 Å². The molecule has 0 aliphatic heterocycles. The maximum atomic E-state index is 9.57. The van der Waals surface area contributed by atoms with Crippen LogP contribution in [0.5, 0.6) is 0 Å². The van der Waals surface area contributed by atoms with E-state index in [9.17, 15) is 5.11 Å². The number of halogens is 1. The second kappa shape index (κ2) is 5.94. The Hall–Kier alpha value is -0.730. The summed E-state index contributed by atoms with van der Waals surface area (Å²) in [6.45, 7) is 5.05. The van der Waals surface area contributed by atoms with Gasteiger partial charge in [-0.25, -0.2) is 0 Å². The molecule has 1 aromatic carbocycles. The third-order valence-electron chi connectivity index (χ3n) is 3.50. The van der Waals surface area contributed by atoms with Crippen LogP contribution in [0.4, 0.5) is 5.69 Å². The van der Waals surface area contributed by atoms with Gasteiger partial charge in [0.2, 0.25) is 0 Å². The topological polar surface area (TPSA) is 23.5 Å². The SMILES string of the molecule is CCCCN(c1ccc([C@H](C)O)cc1Cl)C1CC1. The van der Waals surface area contributed by atoms with Gasteiger partial charge in [0, 0.05) is 12.6 Å². The first kappa shape index (κ1) is 13.7. The number of nitrogens with zero attached hydrogens (tertiary/aromatic N) is 1. The molecule has 0 spiro atoms. The van der Waals surface area contributed by atoms with Crippen molar-refractivity contribution < 1.29 is 5.11 Å². The first-order chi connectivity index (χ1) is 8.63. The van der Waals surface area contributed by atoms with Crippen LogP contribution in [-0.4, -0.2) is 17.7 Å². The largest absolute Gasteiger partial charge is 0.389 e. The number of hydrogen-bond acceptors (Lipinski definition) is 2. The van der Waals surface area contributed by atoms with E-state index >= 15 is 0 Å². The summed E-state index contributed by atoms with van der Waals surface area (Å²) >= 11 is 6.37. The standard InChI is InChI=1S/C15H22ClNO/c1-3-4-9-17(13-6-7-13)15-8-5-12(11(2)18)10-14(15)16/h5,8,10-11,13,18H,3-4,6-7,9H2,1-2H3/t11-/m0/s1. The van der Waals surface area contributed by atoms with Crippen molar-refractivity contribution in [3.05, 3.63) is 28.8 Å². The van der Waals surface area contributed by atoms with Crippen molar-refractivity contribution in [2.45, 2.75) is 51.7 Å². The van der Waals surface area contributed by atoms with Crippen molar-refractivity contribution >= 4 is 17.3 Å². The molecule has 1 atom stereocenters. The molecule has 2 nitrogen and oxygen atoms in total. The molecule has 0 unspecified atom stereocenters. The lowest BCUT2D eigenvalue weighted by Gasteiger charge is -2.26. The first-order valence-corrected chi connectivity index (χ1v) is 7.25. The Morgan fingerprint density at radius 1 is 1.44 bits per heavy atom. The zero-order valence-corrected chi connectivity index (χ0v) is 12.0. The highest BCUT2D eigenvalue weighted by molar-refractivity contribution is 6.33. The number of anilines is 1. The Morgan fingerprint density at radius 2 is 2.17 bits per heavy atom. The van der Waals surface area contributed by atoms with Gasteiger partial charge in [0.05, 0.1) is 16.8 Å². The Balaban J connectivity index is 2.19. The number of benzene rings is 1. The minimum Gasteiger partial charge on any atom is -0.389 e. The van der Waals surface area contributed by atoms with E-state index in [2.05, 4.69) is 17.9 Å². The fourth-order valence-electron chi connectivity index (χ4n) is 2.23. The van der Waals surface area contributed by atoms with Crippen LogP contribution in [0.25, 0.3) is 0 Å². The van der Waals surface area contributed by atoms with E-state index in [1.165, 1.54) is 25.7 Å². The van der Waals surface area contributed by atoms with Gasteiger partial charge in [0.15, 0.2) is 0 Å². The van der Waals surface area contributed by atoms with E-state index < -0.39 is 6.10 Å². The number of rotatable bonds is 6. The fourth-order valence-corrected chi connectivity index (χ4v) is 2.53. The molecule has 1 aromatic rings. The first-order valence-electron chi connectivity index (χ1n) is 6.87. The highest BCUT2D eigenvalue weighted by Crippen LogP contribution is 2.37. The lowest BCUT2D eigenvalue weighted by molar-refractivity contribution is 0.199. The second-order valence-corrected chi connectivity index (χ2v) is 5.57. The van der Waals surface area contributed by atoms with Crippen LogP contribution < -0.4 is 4.90 Å². The van der Waals surface area contributed by atoms with Gasteiger partial charge >= 0.3 is 0 Å². The molecule has 0 radical (unpaired) electrons. The molecule has 3 heteroatoms. The minimum atomic E-state index is -0.457. The van der Waals surface area contributed by atoms with Crippen molar-refractivity contribution in [2.24, 2.45) is 0 Å². The summed E-state index contributed by atoms with van der Waals surface area (Å²) in [5.41, 5.74) is 2.01. The predicted octanol–water partition coefficient (Wildman–Crippen LogP) is 4.16. The molecule has 100 valence electrons. The van der Waals surface area contributed by atoms with Crippen LogP contribution in [0.2, 0.25) is 5.02 Å². The van der Waals surface area contributed by atoms with Gasteiger partial charge in [-0.1, -0.05) is 31.0 Å². The Kier molecular flexibility index (Phi) is 4.52.